The van der Waals surface area contributed by atoms with Gasteiger partial charge in [-0.05, 0) is 24.1 Å². The number of benzene rings is 1. The number of thioether (sulfide) groups is 1. The summed E-state index contributed by atoms with van der Waals surface area (Å²) in [5.41, 5.74) is 5.87. The van der Waals surface area contributed by atoms with Crippen LogP contribution in [0.4, 0.5) is 4.79 Å². The molecule has 0 saturated carbocycles. The molecular formula is C15H17ClN4O2S. The summed E-state index contributed by atoms with van der Waals surface area (Å²) < 4.78 is 1.84. The maximum atomic E-state index is 12.1. The van der Waals surface area contributed by atoms with Gasteiger partial charge in [-0.25, -0.2) is 9.78 Å². The van der Waals surface area contributed by atoms with Crippen LogP contribution >= 0.6 is 23.4 Å². The molecule has 1 atom stereocenters. The molecule has 2 aromatic rings. The number of carbonyl (C=O) groups excluding carboxylic acids is 2. The van der Waals surface area contributed by atoms with E-state index in [1.165, 1.54) is 11.8 Å². The van der Waals surface area contributed by atoms with Crippen LogP contribution in [0.5, 0.6) is 0 Å². The predicted octanol–water partition coefficient (Wildman–Crippen LogP) is 2.84. The lowest BCUT2D eigenvalue weighted by Gasteiger charge is -2.19. The average molecular weight is 353 g/mol. The van der Waals surface area contributed by atoms with Crippen LogP contribution in [0.2, 0.25) is 5.02 Å². The molecule has 6 nitrogen and oxygen atoms in total. The second kappa shape index (κ2) is 7.52. The molecule has 0 fully saturated rings. The van der Waals surface area contributed by atoms with Gasteiger partial charge in [0, 0.05) is 23.1 Å². The molecule has 0 aliphatic rings. The van der Waals surface area contributed by atoms with Crippen molar-refractivity contribution in [1.82, 2.24) is 14.9 Å². The summed E-state index contributed by atoms with van der Waals surface area (Å²) in [5, 5.41) is 2.87. The van der Waals surface area contributed by atoms with Gasteiger partial charge >= 0.3 is 6.03 Å². The monoisotopic (exact) mass is 352 g/mol. The summed E-state index contributed by atoms with van der Waals surface area (Å²) in [7, 11) is 0. The molecule has 0 aliphatic carbocycles. The zero-order valence-corrected chi connectivity index (χ0v) is 14.3. The fourth-order valence-electron chi connectivity index (χ4n) is 2.00. The Hall–Kier alpha value is -1.99. The van der Waals surface area contributed by atoms with Crippen LogP contribution in [0.3, 0.4) is 0 Å². The van der Waals surface area contributed by atoms with Gasteiger partial charge in [-0.1, -0.05) is 43.3 Å². The van der Waals surface area contributed by atoms with E-state index in [4.69, 9.17) is 17.3 Å². The molecule has 122 valence electrons. The van der Waals surface area contributed by atoms with Crippen LogP contribution in [-0.4, -0.2) is 26.7 Å². The quantitative estimate of drug-likeness (QED) is 0.809. The van der Waals surface area contributed by atoms with E-state index < -0.39 is 17.2 Å². The highest BCUT2D eigenvalue weighted by Crippen LogP contribution is 2.29. The SMILES string of the molecule is CC(C)C(Sc1nccn1-c1cccc(Cl)c1)C(=O)NC(N)=O. The first-order chi connectivity index (χ1) is 10.9. The fourth-order valence-corrected chi connectivity index (χ4v) is 3.25. The van der Waals surface area contributed by atoms with Gasteiger partial charge in [0.15, 0.2) is 5.16 Å². The topological polar surface area (TPSA) is 90.0 Å². The number of hydrogen-bond donors (Lipinski definition) is 2. The molecule has 1 aromatic heterocycles. The third-order valence-electron chi connectivity index (χ3n) is 3.04. The summed E-state index contributed by atoms with van der Waals surface area (Å²) >= 11 is 7.29. The summed E-state index contributed by atoms with van der Waals surface area (Å²) in [5.74, 6) is -0.443. The molecule has 2 rings (SSSR count). The predicted molar refractivity (Wildman–Crippen MR) is 90.8 cm³/mol. The van der Waals surface area contributed by atoms with Crippen molar-refractivity contribution in [3.05, 3.63) is 41.7 Å². The van der Waals surface area contributed by atoms with Gasteiger partial charge in [0.1, 0.15) is 0 Å². The first kappa shape index (κ1) is 17.4. The van der Waals surface area contributed by atoms with E-state index in [-0.39, 0.29) is 5.92 Å². The Bertz CT molecular complexity index is 717. The zero-order chi connectivity index (χ0) is 17.0. The van der Waals surface area contributed by atoms with Gasteiger partial charge in [-0.2, -0.15) is 0 Å². The number of carbonyl (C=O) groups is 2. The first-order valence-electron chi connectivity index (χ1n) is 6.94. The van der Waals surface area contributed by atoms with Gasteiger partial charge in [0.2, 0.25) is 5.91 Å². The fraction of sp³-hybridized carbons (Fsp3) is 0.267. The second-order valence-electron chi connectivity index (χ2n) is 5.20. The van der Waals surface area contributed by atoms with E-state index in [0.717, 1.165) is 5.69 Å². The smallest absolute Gasteiger partial charge is 0.318 e. The van der Waals surface area contributed by atoms with Crippen molar-refractivity contribution in [3.63, 3.8) is 0 Å². The van der Waals surface area contributed by atoms with Crippen LogP contribution in [0, 0.1) is 5.92 Å². The minimum Gasteiger partial charge on any atom is -0.351 e. The highest BCUT2D eigenvalue weighted by atomic mass is 35.5. The number of imide groups is 1. The Morgan fingerprint density at radius 1 is 1.39 bits per heavy atom. The van der Waals surface area contributed by atoms with Crippen molar-refractivity contribution in [2.45, 2.75) is 24.3 Å². The lowest BCUT2D eigenvalue weighted by molar-refractivity contribution is -0.120. The van der Waals surface area contributed by atoms with Crippen molar-refractivity contribution in [2.75, 3.05) is 0 Å². The first-order valence-corrected chi connectivity index (χ1v) is 8.20. The van der Waals surface area contributed by atoms with Gasteiger partial charge in [0.05, 0.1) is 5.25 Å². The number of urea groups is 1. The molecule has 0 spiro atoms. The number of nitrogens with two attached hydrogens (primary N) is 1. The van der Waals surface area contributed by atoms with E-state index >= 15 is 0 Å². The minimum absolute atomic E-state index is 0.0103. The molecule has 23 heavy (non-hydrogen) atoms. The lowest BCUT2D eigenvalue weighted by atomic mass is 10.1. The van der Waals surface area contributed by atoms with E-state index in [9.17, 15) is 9.59 Å². The standard InChI is InChI=1S/C15H17ClN4O2S/c1-9(2)12(13(21)19-14(17)22)23-15-18-6-7-20(15)11-5-3-4-10(16)8-11/h3-9,12H,1-2H3,(H3,17,19,21,22). The highest BCUT2D eigenvalue weighted by molar-refractivity contribution is 8.00. The number of primary amides is 1. The minimum atomic E-state index is -0.862. The largest absolute Gasteiger partial charge is 0.351 e. The Kier molecular flexibility index (Phi) is 5.68. The van der Waals surface area contributed by atoms with Gasteiger partial charge in [-0.15, -0.1) is 0 Å². The molecular weight excluding hydrogens is 336 g/mol. The van der Waals surface area contributed by atoms with Crippen LogP contribution in [0.25, 0.3) is 5.69 Å². The van der Waals surface area contributed by atoms with Crippen molar-refractivity contribution in [3.8, 4) is 5.69 Å². The normalized spacial score (nSPS) is 12.2. The number of hydrogen-bond acceptors (Lipinski definition) is 4. The maximum absolute atomic E-state index is 12.1. The number of nitrogens with one attached hydrogen (secondary N) is 1. The van der Waals surface area contributed by atoms with Gasteiger partial charge in [-0.3, -0.25) is 14.7 Å². The molecule has 1 aromatic carbocycles. The zero-order valence-electron chi connectivity index (χ0n) is 12.7. The number of aromatic nitrogens is 2. The summed E-state index contributed by atoms with van der Waals surface area (Å²) in [4.78, 5) is 27.3. The van der Waals surface area contributed by atoms with E-state index in [1.54, 1.807) is 24.5 Å². The number of nitrogens with zero attached hydrogens (tertiary/aromatic N) is 2. The molecule has 8 heteroatoms. The Balaban J connectivity index is 2.27. The Labute approximate surface area is 143 Å². The van der Waals surface area contributed by atoms with Crippen molar-refractivity contribution in [1.29, 1.82) is 0 Å². The number of imidazole rings is 1. The lowest BCUT2D eigenvalue weighted by Crippen LogP contribution is -2.42. The van der Waals surface area contributed by atoms with Gasteiger partial charge in [0.25, 0.3) is 0 Å². The van der Waals surface area contributed by atoms with Crippen molar-refractivity contribution < 1.29 is 9.59 Å². The second-order valence-corrected chi connectivity index (χ2v) is 6.74. The van der Waals surface area contributed by atoms with Crippen LogP contribution < -0.4 is 11.1 Å². The molecule has 3 N–H and O–H groups in total. The van der Waals surface area contributed by atoms with E-state index in [0.29, 0.717) is 10.2 Å². The van der Waals surface area contributed by atoms with E-state index in [2.05, 4.69) is 10.3 Å². The van der Waals surface area contributed by atoms with Crippen LogP contribution in [-0.2, 0) is 4.79 Å². The van der Waals surface area contributed by atoms with Crippen LogP contribution in [0.1, 0.15) is 13.8 Å². The highest BCUT2D eigenvalue weighted by Gasteiger charge is 2.26. The maximum Gasteiger partial charge on any atom is 0.318 e. The van der Waals surface area contributed by atoms with Gasteiger partial charge < -0.3 is 5.73 Å². The summed E-state index contributed by atoms with van der Waals surface area (Å²) in [6, 6.07) is 6.46. The van der Waals surface area contributed by atoms with Crippen LogP contribution in [0.15, 0.2) is 41.8 Å². The third kappa shape index (κ3) is 4.49. The molecule has 0 aliphatic heterocycles. The Morgan fingerprint density at radius 2 is 2.13 bits per heavy atom. The third-order valence-corrected chi connectivity index (χ3v) is 4.80. The van der Waals surface area contributed by atoms with Crippen molar-refractivity contribution in [2.24, 2.45) is 11.7 Å². The number of rotatable bonds is 5. The molecule has 0 radical (unpaired) electrons. The molecule has 1 heterocycles. The molecule has 3 amide bonds. The number of amides is 3. The Morgan fingerprint density at radius 3 is 2.74 bits per heavy atom. The molecule has 1 unspecified atom stereocenters. The number of halogens is 1. The van der Waals surface area contributed by atoms with Crippen molar-refractivity contribution >= 4 is 35.3 Å². The summed E-state index contributed by atoms with van der Waals surface area (Å²) in [6.07, 6.45) is 3.43. The van der Waals surface area contributed by atoms with E-state index in [1.807, 2.05) is 30.5 Å². The molecule has 0 saturated heterocycles. The summed E-state index contributed by atoms with van der Waals surface area (Å²) in [6.45, 7) is 3.79. The average Bonchev–Trinajstić information content (AvgIpc) is 2.91. The molecule has 0 bridgehead atoms.